The zero-order valence-corrected chi connectivity index (χ0v) is 15.3. The third kappa shape index (κ3) is 12.9. The van der Waals surface area contributed by atoms with E-state index in [0.717, 1.165) is 11.4 Å². The van der Waals surface area contributed by atoms with Crippen LogP contribution >= 0.6 is 0 Å². The van der Waals surface area contributed by atoms with E-state index < -0.39 is 0 Å². The minimum Gasteiger partial charge on any atom is -0.491 e. The molecule has 1 N–H and O–H groups in total. The summed E-state index contributed by atoms with van der Waals surface area (Å²) in [5, 5.41) is 3.05. The lowest BCUT2D eigenvalue weighted by atomic mass is 10.3. The largest absolute Gasteiger partial charge is 0.491 e. The summed E-state index contributed by atoms with van der Waals surface area (Å²) in [6.07, 6.45) is 0. The van der Waals surface area contributed by atoms with Crippen molar-refractivity contribution < 1.29 is 25.2 Å². The molecule has 0 aliphatic heterocycles. The van der Waals surface area contributed by atoms with Gasteiger partial charge < -0.3 is 24.3 Å². The molecule has 0 amide bonds. The van der Waals surface area contributed by atoms with Gasteiger partial charge in [-0.25, -0.2) is 0 Å². The molecule has 0 aliphatic rings. The number of benzene rings is 1. The van der Waals surface area contributed by atoms with Crippen LogP contribution in [0.1, 0.15) is 22.2 Å². The number of hydrogen-bond acceptors (Lipinski definition) is 6. The molecule has 0 aromatic heterocycles. The highest BCUT2D eigenvalue weighted by Gasteiger charge is 1.96. The first-order valence-corrected chi connectivity index (χ1v) is 8.35. The lowest BCUT2D eigenvalue weighted by Crippen LogP contribution is -2.14. The number of ether oxygens (including phenoxy) is 4. The Morgan fingerprint density at radius 2 is 1.42 bits per heavy atom. The first-order valence-electron chi connectivity index (χ1n) is 8.35. The van der Waals surface area contributed by atoms with E-state index in [9.17, 15) is 4.79 Å². The standard InChI is InChI=1S/C16H25NO5.C2H6.H2/c1-14(18)13-21-10-9-19-7-8-20-11-12-22-16-5-3-15(17-2)4-6-16;1-2;/h3-6,17H,7-13H2,1-2H3;1-2H3;1H. The van der Waals surface area contributed by atoms with Crippen molar-refractivity contribution >= 4 is 11.5 Å². The van der Waals surface area contributed by atoms with E-state index in [1.807, 2.05) is 45.2 Å². The molecule has 0 aliphatic carbocycles. The normalized spacial score (nSPS) is 9.83. The van der Waals surface area contributed by atoms with Crippen LogP contribution in [-0.4, -0.2) is 59.1 Å². The number of anilines is 1. The molecule has 0 unspecified atom stereocenters. The van der Waals surface area contributed by atoms with Crippen molar-refractivity contribution in [2.24, 2.45) is 0 Å². The molecule has 1 aromatic carbocycles. The Morgan fingerprint density at radius 3 is 1.92 bits per heavy atom. The molecule has 0 heterocycles. The lowest BCUT2D eigenvalue weighted by molar-refractivity contribution is -0.122. The second-order valence-electron chi connectivity index (χ2n) is 4.60. The molecule has 0 spiro atoms. The Labute approximate surface area is 146 Å². The van der Waals surface area contributed by atoms with Gasteiger partial charge in [0.25, 0.3) is 0 Å². The number of nitrogens with one attached hydrogen (secondary N) is 1. The molecular weight excluding hydrogens is 310 g/mol. The molecule has 24 heavy (non-hydrogen) atoms. The number of hydrogen-bond donors (Lipinski definition) is 1. The smallest absolute Gasteiger partial charge is 0.155 e. The molecule has 0 bridgehead atoms. The lowest BCUT2D eigenvalue weighted by Gasteiger charge is -2.08. The van der Waals surface area contributed by atoms with E-state index in [0.29, 0.717) is 39.6 Å². The number of carbonyl (C=O) groups excluding carboxylic acids is 1. The van der Waals surface area contributed by atoms with Crippen LogP contribution in [0.15, 0.2) is 24.3 Å². The van der Waals surface area contributed by atoms with Gasteiger partial charge in [0.15, 0.2) is 5.78 Å². The molecular formula is C18H33NO5. The molecule has 140 valence electrons. The predicted molar refractivity (Wildman–Crippen MR) is 98.1 cm³/mol. The summed E-state index contributed by atoms with van der Waals surface area (Å²) in [7, 11) is 1.88. The van der Waals surface area contributed by atoms with Gasteiger partial charge in [0.05, 0.1) is 33.0 Å². The van der Waals surface area contributed by atoms with Crippen LogP contribution in [0.5, 0.6) is 5.75 Å². The van der Waals surface area contributed by atoms with Gasteiger partial charge in [-0.15, -0.1) is 0 Å². The fourth-order valence-electron chi connectivity index (χ4n) is 1.59. The van der Waals surface area contributed by atoms with Crippen molar-refractivity contribution in [1.82, 2.24) is 0 Å². The molecule has 0 radical (unpaired) electrons. The summed E-state index contributed by atoms with van der Waals surface area (Å²) >= 11 is 0. The Hall–Kier alpha value is -1.63. The maximum Gasteiger partial charge on any atom is 0.155 e. The van der Waals surface area contributed by atoms with Crippen LogP contribution in [0, 0.1) is 0 Å². The summed E-state index contributed by atoms with van der Waals surface area (Å²) in [5.74, 6) is 0.838. The van der Waals surface area contributed by atoms with Gasteiger partial charge in [-0.1, -0.05) is 13.8 Å². The Morgan fingerprint density at radius 1 is 0.917 bits per heavy atom. The molecule has 6 heteroatoms. The number of ketones is 1. The minimum atomic E-state index is 0. The van der Waals surface area contributed by atoms with Gasteiger partial charge in [0.2, 0.25) is 0 Å². The van der Waals surface area contributed by atoms with Crippen molar-refractivity contribution in [2.45, 2.75) is 20.8 Å². The fraction of sp³-hybridized carbons (Fsp3) is 0.611. The van der Waals surface area contributed by atoms with Crippen molar-refractivity contribution in [3.05, 3.63) is 24.3 Å². The molecule has 0 fully saturated rings. The van der Waals surface area contributed by atoms with E-state index in [1.54, 1.807) is 0 Å². The quantitative estimate of drug-likeness (QED) is 0.555. The van der Waals surface area contributed by atoms with Crippen molar-refractivity contribution in [1.29, 1.82) is 0 Å². The highest BCUT2D eigenvalue weighted by molar-refractivity contribution is 5.76. The van der Waals surface area contributed by atoms with Gasteiger partial charge >= 0.3 is 0 Å². The van der Waals surface area contributed by atoms with Crippen LogP contribution in [0.4, 0.5) is 5.69 Å². The van der Waals surface area contributed by atoms with E-state index in [4.69, 9.17) is 18.9 Å². The Bertz CT molecular complexity index is 414. The minimum absolute atomic E-state index is 0. The number of Topliss-reactive ketones (excluding diaryl/α,β-unsaturated/α-hetero) is 1. The van der Waals surface area contributed by atoms with Crippen molar-refractivity contribution in [2.75, 3.05) is 58.6 Å². The van der Waals surface area contributed by atoms with Crippen LogP contribution in [0.25, 0.3) is 0 Å². The summed E-state index contributed by atoms with van der Waals surface area (Å²) in [6.45, 7) is 8.54. The highest BCUT2D eigenvalue weighted by Crippen LogP contribution is 2.14. The zero-order valence-electron chi connectivity index (χ0n) is 15.3. The Balaban J connectivity index is 0. The topological polar surface area (TPSA) is 66.0 Å². The first kappa shape index (κ1) is 22.4. The van der Waals surface area contributed by atoms with Crippen LogP contribution in [-0.2, 0) is 19.0 Å². The first-order chi connectivity index (χ1) is 11.7. The second-order valence-corrected chi connectivity index (χ2v) is 4.60. The van der Waals surface area contributed by atoms with Gasteiger partial charge in [-0.05, 0) is 31.2 Å². The van der Waals surface area contributed by atoms with Gasteiger partial charge in [0, 0.05) is 14.2 Å². The summed E-state index contributed by atoms with van der Waals surface area (Å²) < 4.78 is 21.3. The molecule has 0 saturated heterocycles. The average Bonchev–Trinajstić information content (AvgIpc) is 2.61. The summed E-state index contributed by atoms with van der Waals surface area (Å²) in [6, 6.07) is 7.74. The summed E-state index contributed by atoms with van der Waals surface area (Å²) in [4.78, 5) is 10.6. The summed E-state index contributed by atoms with van der Waals surface area (Å²) in [5.41, 5.74) is 1.05. The monoisotopic (exact) mass is 343 g/mol. The SMILES string of the molecule is CC.CNc1ccc(OCCOCCOCCOCC(C)=O)cc1.[HH]. The molecule has 1 rings (SSSR count). The zero-order chi connectivity index (χ0) is 18.0. The van der Waals surface area contributed by atoms with Crippen LogP contribution in [0.2, 0.25) is 0 Å². The number of carbonyl (C=O) groups is 1. The predicted octanol–water partition coefficient (Wildman–Crippen LogP) is 3.02. The highest BCUT2D eigenvalue weighted by atomic mass is 16.6. The van der Waals surface area contributed by atoms with Gasteiger partial charge in [0.1, 0.15) is 19.0 Å². The van der Waals surface area contributed by atoms with E-state index >= 15 is 0 Å². The maximum absolute atomic E-state index is 10.6. The third-order valence-corrected chi connectivity index (χ3v) is 2.69. The van der Waals surface area contributed by atoms with Crippen molar-refractivity contribution in [3.63, 3.8) is 0 Å². The van der Waals surface area contributed by atoms with Crippen LogP contribution < -0.4 is 10.1 Å². The van der Waals surface area contributed by atoms with E-state index in [1.165, 1.54) is 6.92 Å². The molecule has 1 aromatic rings. The second kappa shape index (κ2) is 16.2. The maximum atomic E-state index is 10.6. The van der Waals surface area contributed by atoms with Gasteiger partial charge in [-0.2, -0.15) is 0 Å². The van der Waals surface area contributed by atoms with E-state index in [-0.39, 0.29) is 13.8 Å². The Kier molecular flexibility index (Phi) is 15.1. The van der Waals surface area contributed by atoms with E-state index in [2.05, 4.69) is 5.32 Å². The molecule has 0 saturated carbocycles. The van der Waals surface area contributed by atoms with Crippen LogP contribution in [0.3, 0.4) is 0 Å². The average molecular weight is 343 g/mol. The third-order valence-electron chi connectivity index (χ3n) is 2.69. The van der Waals surface area contributed by atoms with Gasteiger partial charge in [-0.3, -0.25) is 4.79 Å². The fourth-order valence-corrected chi connectivity index (χ4v) is 1.59. The molecule has 0 atom stereocenters. The van der Waals surface area contributed by atoms with Crippen molar-refractivity contribution in [3.8, 4) is 5.75 Å². The molecule has 6 nitrogen and oxygen atoms in total. The number of rotatable bonds is 13.